The maximum atomic E-state index is 15.6. The van der Waals surface area contributed by atoms with Crippen molar-refractivity contribution in [2.24, 2.45) is 4.99 Å². The van der Waals surface area contributed by atoms with Gasteiger partial charge in [0.25, 0.3) is 0 Å². The SMILES string of the molecule is Cc1nn(-c2ccccc2)c2c1P(=O)(c1ccccc1)C(=C1N(C)c3ccccc3C1(C)C)C=N2. The zero-order chi connectivity index (χ0) is 24.4. The van der Waals surface area contributed by atoms with E-state index in [0.29, 0.717) is 5.82 Å². The van der Waals surface area contributed by atoms with Crippen molar-refractivity contribution >= 4 is 35.5 Å². The second kappa shape index (κ2) is 7.66. The van der Waals surface area contributed by atoms with E-state index >= 15 is 4.57 Å². The summed E-state index contributed by atoms with van der Waals surface area (Å²) >= 11 is 0. The normalized spacial score (nSPS) is 22.2. The molecule has 4 aromatic rings. The van der Waals surface area contributed by atoms with Gasteiger partial charge < -0.3 is 9.46 Å². The highest BCUT2D eigenvalue weighted by atomic mass is 31.2. The highest BCUT2D eigenvalue weighted by Crippen LogP contribution is 2.61. The van der Waals surface area contributed by atoms with E-state index in [4.69, 9.17) is 10.1 Å². The van der Waals surface area contributed by atoms with Crippen LogP contribution in [0.3, 0.4) is 0 Å². The van der Waals surface area contributed by atoms with Gasteiger partial charge in [-0.15, -0.1) is 0 Å². The summed E-state index contributed by atoms with van der Waals surface area (Å²) in [6.07, 6.45) is 1.83. The van der Waals surface area contributed by atoms with Crippen LogP contribution in [0.15, 0.2) is 101 Å². The number of hydrogen-bond donors (Lipinski definition) is 0. The lowest BCUT2D eigenvalue weighted by atomic mass is 9.84. The first-order chi connectivity index (χ1) is 16.8. The quantitative estimate of drug-likeness (QED) is 0.340. The van der Waals surface area contributed by atoms with E-state index in [2.05, 4.69) is 50.1 Å². The number of aryl methyl sites for hydroxylation is 1. The molecule has 0 fully saturated rings. The Morgan fingerprint density at radius 3 is 2.17 bits per heavy atom. The van der Waals surface area contributed by atoms with Gasteiger partial charge in [-0.05, 0) is 30.7 Å². The topological polar surface area (TPSA) is 50.5 Å². The summed E-state index contributed by atoms with van der Waals surface area (Å²) in [6, 6.07) is 28.1. The molecule has 0 amide bonds. The van der Waals surface area contributed by atoms with Crippen molar-refractivity contribution in [2.75, 3.05) is 11.9 Å². The molecule has 1 aromatic heterocycles. The second-order valence-electron chi connectivity index (χ2n) is 9.64. The number of rotatable bonds is 2. The van der Waals surface area contributed by atoms with E-state index in [1.165, 1.54) is 5.56 Å². The molecule has 2 aliphatic heterocycles. The van der Waals surface area contributed by atoms with Crippen LogP contribution in [0.2, 0.25) is 0 Å². The van der Waals surface area contributed by atoms with E-state index in [1.54, 1.807) is 0 Å². The summed E-state index contributed by atoms with van der Waals surface area (Å²) < 4.78 is 17.4. The van der Waals surface area contributed by atoms with Gasteiger partial charge in [0.15, 0.2) is 13.0 Å². The summed E-state index contributed by atoms with van der Waals surface area (Å²) in [5, 5.41) is 7.12. The molecule has 6 rings (SSSR count). The van der Waals surface area contributed by atoms with Crippen molar-refractivity contribution in [3.63, 3.8) is 0 Å². The van der Waals surface area contributed by atoms with Gasteiger partial charge in [0.1, 0.15) is 0 Å². The van der Waals surface area contributed by atoms with Gasteiger partial charge in [0, 0.05) is 35.4 Å². The van der Waals surface area contributed by atoms with E-state index in [1.807, 2.05) is 78.5 Å². The average molecular weight is 479 g/mol. The summed E-state index contributed by atoms with van der Waals surface area (Å²) in [5.41, 5.74) is 4.68. The van der Waals surface area contributed by atoms with E-state index in [0.717, 1.165) is 38.7 Å². The molecular formula is C29H27N4OP. The lowest BCUT2D eigenvalue weighted by Crippen LogP contribution is -2.30. The fourth-order valence-corrected chi connectivity index (χ4v) is 8.89. The lowest BCUT2D eigenvalue weighted by Gasteiger charge is -2.32. The highest BCUT2D eigenvalue weighted by molar-refractivity contribution is 7.83. The molecule has 0 saturated heterocycles. The number of aromatic nitrogens is 2. The first-order valence-corrected chi connectivity index (χ1v) is 13.5. The van der Waals surface area contributed by atoms with Crippen LogP contribution in [0.1, 0.15) is 25.1 Å². The van der Waals surface area contributed by atoms with Gasteiger partial charge in [0.2, 0.25) is 0 Å². The number of hydrogen-bond acceptors (Lipinski definition) is 4. The molecule has 0 radical (unpaired) electrons. The molecular weight excluding hydrogens is 451 g/mol. The molecule has 5 nitrogen and oxygen atoms in total. The fourth-order valence-electron chi connectivity index (χ4n) is 5.63. The Kier molecular flexibility index (Phi) is 4.77. The van der Waals surface area contributed by atoms with Gasteiger partial charge in [-0.1, -0.05) is 80.6 Å². The van der Waals surface area contributed by atoms with E-state index in [9.17, 15) is 0 Å². The van der Waals surface area contributed by atoms with Crippen LogP contribution in [0.25, 0.3) is 5.69 Å². The zero-order valence-electron chi connectivity index (χ0n) is 20.3. The number of para-hydroxylation sites is 2. The third-order valence-corrected chi connectivity index (χ3v) is 10.4. The molecule has 0 aliphatic carbocycles. The first kappa shape index (κ1) is 21.8. The van der Waals surface area contributed by atoms with Crippen LogP contribution < -0.4 is 15.5 Å². The minimum atomic E-state index is -3.29. The van der Waals surface area contributed by atoms with E-state index < -0.39 is 7.14 Å². The Bertz CT molecular complexity index is 1560. The third-order valence-electron chi connectivity index (χ3n) is 7.20. The predicted octanol–water partition coefficient (Wildman–Crippen LogP) is 5.85. The monoisotopic (exact) mass is 478 g/mol. The maximum absolute atomic E-state index is 15.6. The molecule has 1 unspecified atom stereocenters. The lowest BCUT2D eigenvalue weighted by molar-refractivity contribution is 0.588. The molecule has 35 heavy (non-hydrogen) atoms. The van der Waals surface area contributed by atoms with Crippen molar-refractivity contribution in [3.8, 4) is 5.69 Å². The Balaban J connectivity index is 1.69. The van der Waals surface area contributed by atoms with Gasteiger partial charge in [0.05, 0.1) is 22.0 Å². The zero-order valence-corrected chi connectivity index (χ0v) is 21.2. The molecule has 0 bridgehead atoms. The summed E-state index contributed by atoms with van der Waals surface area (Å²) in [4.78, 5) is 7.11. The minimum Gasteiger partial charge on any atom is -0.346 e. The van der Waals surface area contributed by atoms with Crippen LogP contribution >= 0.6 is 7.14 Å². The van der Waals surface area contributed by atoms with Crippen molar-refractivity contribution in [1.82, 2.24) is 9.78 Å². The van der Waals surface area contributed by atoms with Gasteiger partial charge in [-0.2, -0.15) is 5.10 Å². The average Bonchev–Trinajstić information content (AvgIpc) is 3.32. The van der Waals surface area contributed by atoms with Crippen molar-refractivity contribution in [3.05, 3.63) is 107 Å². The van der Waals surface area contributed by atoms with Crippen molar-refractivity contribution in [2.45, 2.75) is 26.2 Å². The summed E-state index contributed by atoms with van der Waals surface area (Å²) in [7, 11) is -1.23. The molecule has 1 atom stereocenters. The number of anilines is 1. The molecule has 0 spiro atoms. The molecule has 2 aliphatic rings. The van der Waals surface area contributed by atoms with E-state index in [-0.39, 0.29) is 5.41 Å². The number of nitrogens with zero attached hydrogens (tertiary/aromatic N) is 4. The molecule has 3 aromatic carbocycles. The van der Waals surface area contributed by atoms with Crippen LogP contribution in [0.5, 0.6) is 0 Å². The van der Waals surface area contributed by atoms with Gasteiger partial charge in [-0.3, -0.25) is 0 Å². The molecule has 0 saturated carbocycles. The minimum absolute atomic E-state index is 0.335. The Morgan fingerprint density at radius 2 is 1.49 bits per heavy atom. The van der Waals surface area contributed by atoms with Crippen LogP contribution in [-0.4, -0.2) is 23.0 Å². The Labute approximate surface area is 205 Å². The molecule has 174 valence electrons. The highest BCUT2D eigenvalue weighted by Gasteiger charge is 2.48. The molecule has 3 heterocycles. The fraction of sp³-hybridized carbons (Fsp3) is 0.172. The molecule has 6 heteroatoms. The number of aliphatic imine (C=N–C) groups is 1. The van der Waals surface area contributed by atoms with Gasteiger partial charge in [-0.25, -0.2) is 9.67 Å². The summed E-state index contributed by atoms with van der Waals surface area (Å²) in [5.74, 6) is 0.640. The Morgan fingerprint density at radius 1 is 0.857 bits per heavy atom. The van der Waals surface area contributed by atoms with Crippen molar-refractivity contribution in [1.29, 1.82) is 0 Å². The smallest absolute Gasteiger partial charge is 0.179 e. The van der Waals surface area contributed by atoms with Crippen LogP contribution in [-0.2, 0) is 9.98 Å². The number of likely N-dealkylation sites (N-methyl/N-ethyl adjacent to an activating group) is 1. The van der Waals surface area contributed by atoms with Gasteiger partial charge >= 0.3 is 0 Å². The predicted molar refractivity (Wildman–Crippen MR) is 145 cm³/mol. The first-order valence-electron chi connectivity index (χ1n) is 11.8. The second-order valence-corrected chi connectivity index (χ2v) is 12.3. The maximum Gasteiger partial charge on any atom is 0.179 e. The summed E-state index contributed by atoms with van der Waals surface area (Å²) in [6.45, 7) is 6.35. The van der Waals surface area contributed by atoms with Crippen LogP contribution in [0.4, 0.5) is 11.5 Å². The third kappa shape index (κ3) is 2.98. The number of allylic oxidation sites excluding steroid dienone is 2. The largest absolute Gasteiger partial charge is 0.346 e. The van der Waals surface area contributed by atoms with Crippen molar-refractivity contribution < 1.29 is 4.57 Å². The standard InChI is InChI=1S/C29H27N4OP/c1-20-26-28(33(31-20)21-13-7-5-8-14-21)30-19-25(35(26,34)22-15-9-6-10-16-22)27-29(2,3)23-17-11-12-18-24(23)32(27)4/h5-19H,1-4H3. The molecule has 0 N–H and O–H groups in total. The Hall–Kier alpha value is -3.69. The number of benzene rings is 3. The number of fused-ring (bicyclic) bond motifs is 2. The van der Waals surface area contributed by atoms with Crippen LogP contribution in [0, 0.1) is 6.92 Å².